The normalized spacial score (nSPS) is 11.4. The number of guanidine groups is 1. The van der Waals surface area contributed by atoms with Crippen LogP contribution in [-0.4, -0.2) is 43.1 Å². The van der Waals surface area contributed by atoms with E-state index in [-0.39, 0.29) is 5.91 Å². The molecule has 3 N–H and O–H groups in total. The van der Waals surface area contributed by atoms with Crippen molar-refractivity contribution in [1.29, 1.82) is 0 Å². The first-order chi connectivity index (χ1) is 13.8. The maximum Gasteiger partial charge on any atom is 0.251 e. The number of carbonyl (C=O) groups excluding carboxylic acids is 1. The van der Waals surface area contributed by atoms with Gasteiger partial charge in [0.15, 0.2) is 5.96 Å². The van der Waals surface area contributed by atoms with E-state index in [1.165, 1.54) is 10.9 Å². The number of carbonyl (C=O) groups is 1. The van der Waals surface area contributed by atoms with Crippen LogP contribution in [0.15, 0.2) is 71.9 Å². The predicted molar refractivity (Wildman–Crippen MR) is 115 cm³/mol. The molecule has 1 heterocycles. The predicted octanol–water partition coefficient (Wildman–Crippen LogP) is 2.63. The number of hydrogen-bond acceptors (Lipinski definition) is 2. The van der Waals surface area contributed by atoms with Crippen LogP contribution in [0.2, 0.25) is 0 Å². The Hall–Kier alpha value is -3.28. The maximum atomic E-state index is 12.0. The average Bonchev–Trinajstić information content (AvgIpc) is 3.16. The summed E-state index contributed by atoms with van der Waals surface area (Å²) in [7, 11) is 1.75. The monoisotopic (exact) mass is 377 g/mol. The number of fused-ring (bicyclic) bond motifs is 1. The lowest BCUT2D eigenvalue weighted by Crippen LogP contribution is -2.41. The first-order valence-corrected chi connectivity index (χ1v) is 9.59. The molecule has 1 aromatic heterocycles. The van der Waals surface area contributed by atoms with E-state index in [1.807, 2.05) is 18.2 Å². The van der Waals surface area contributed by atoms with E-state index in [0.29, 0.717) is 18.7 Å². The van der Waals surface area contributed by atoms with Gasteiger partial charge in [-0.25, -0.2) is 0 Å². The zero-order chi connectivity index (χ0) is 19.6. The minimum Gasteiger partial charge on any atom is -0.356 e. The third-order valence-electron chi connectivity index (χ3n) is 4.51. The van der Waals surface area contributed by atoms with Gasteiger partial charge in [-0.15, -0.1) is 0 Å². The highest BCUT2D eigenvalue weighted by Crippen LogP contribution is 2.15. The second kappa shape index (κ2) is 10.2. The Labute approximate surface area is 165 Å². The topological polar surface area (TPSA) is 70.5 Å². The van der Waals surface area contributed by atoms with Crippen molar-refractivity contribution in [2.24, 2.45) is 4.99 Å². The minimum absolute atomic E-state index is 0.0655. The van der Waals surface area contributed by atoms with Gasteiger partial charge in [-0.3, -0.25) is 9.79 Å². The summed E-state index contributed by atoms with van der Waals surface area (Å²) in [5.74, 6) is 0.676. The Morgan fingerprint density at radius 3 is 2.43 bits per heavy atom. The molecule has 6 nitrogen and oxygen atoms in total. The summed E-state index contributed by atoms with van der Waals surface area (Å²) in [5, 5.41) is 10.7. The Morgan fingerprint density at radius 2 is 1.61 bits per heavy atom. The second-order valence-electron chi connectivity index (χ2n) is 6.47. The van der Waals surface area contributed by atoms with Gasteiger partial charge in [0, 0.05) is 50.5 Å². The molecule has 0 aliphatic rings. The number of para-hydroxylation sites is 1. The summed E-state index contributed by atoms with van der Waals surface area (Å²) in [6.45, 7) is 2.91. The van der Waals surface area contributed by atoms with Gasteiger partial charge in [0.25, 0.3) is 5.91 Å². The van der Waals surface area contributed by atoms with Crippen molar-refractivity contribution in [3.8, 4) is 0 Å². The Bertz CT molecular complexity index is 917. The number of rotatable bonds is 8. The van der Waals surface area contributed by atoms with Crippen LogP contribution < -0.4 is 16.0 Å². The van der Waals surface area contributed by atoms with Crippen LogP contribution >= 0.6 is 0 Å². The minimum atomic E-state index is -0.0655. The van der Waals surface area contributed by atoms with E-state index in [9.17, 15) is 4.79 Å². The van der Waals surface area contributed by atoms with Crippen LogP contribution in [0.1, 0.15) is 16.8 Å². The van der Waals surface area contributed by atoms with Gasteiger partial charge in [-0.1, -0.05) is 36.4 Å². The molecule has 2 aromatic carbocycles. The third kappa shape index (κ3) is 5.36. The van der Waals surface area contributed by atoms with Crippen molar-refractivity contribution in [2.75, 3.05) is 26.7 Å². The molecule has 6 heteroatoms. The van der Waals surface area contributed by atoms with Crippen LogP contribution in [0.5, 0.6) is 0 Å². The molecule has 28 heavy (non-hydrogen) atoms. The van der Waals surface area contributed by atoms with Gasteiger partial charge in [0.2, 0.25) is 0 Å². The zero-order valence-electron chi connectivity index (χ0n) is 16.2. The van der Waals surface area contributed by atoms with Crippen LogP contribution in [-0.2, 0) is 6.54 Å². The lowest BCUT2D eigenvalue weighted by atomic mass is 10.2. The highest BCUT2D eigenvalue weighted by molar-refractivity contribution is 5.94. The van der Waals surface area contributed by atoms with E-state index >= 15 is 0 Å². The molecule has 0 saturated carbocycles. The number of nitrogens with one attached hydrogen (secondary N) is 3. The molecule has 146 valence electrons. The Balaban J connectivity index is 1.33. The highest BCUT2D eigenvalue weighted by atomic mass is 16.1. The molecular formula is C22H27N5O. The summed E-state index contributed by atoms with van der Waals surface area (Å²) in [4.78, 5) is 16.2. The molecule has 0 spiro atoms. The van der Waals surface area contributed by atoms with Gasteiger partial charge < -0.3 is 20.5 Å². The number of amides is 1. The lowest BCUT2D eigenvalue weighted by molar-refractivity contribution is 0.0954. The third-order valence-corrected chi connectivity index (χ3v) is 4.51. The van der Waals surface area contributed by atoms with Gasteiger partial charge in [0.05, 0.1) is 0 Å². The first kappa shape index (κ1) is 19.5. The largest absolute Gasteiger partial charge is 0.356 e. The summed E-state index contributed by atoms with van der Waals surface area (Å²) in [6.07, 6.45) is 3.12. The smallest absolute Gasteiger partial charge is 0.251 e. The molecule has 0 fully saturated rings. The van der Waals surface area contributed by atoms with Crippen LogP contribution in [0, 0.1) is 0 Å². The van der Waals surface area contributed by atoms with E-state index in [4.69, 9.17) is 0 Å². The molecule has 0 atom stereocenters. The summed E-state index contributed by atoms with van der Waals surface area (Å²) in [6, 6.07) is 19.8. The fraction of sp³-hybridized carbons (Fsp3) is 0.273. The Kier molecular flexibility index (Phi) is 7.07. The molecule has 0 bridgehead atoms. The number of aromatic nitrogens is 1. The van der Waals surface area contributed by atoms with Crippen LogP contribution in [0.3, 0.4) is 0 Å². The molecular weight excluding hydrogens is 350 g/mol. The zero-order valence-corrected chi connectivity index (χ0v) is 16.2. The van der Waals surface area contributed by atoms with Gasteiger partial charge in [0.1, 0.15) is 0 Å². The van der Waals surface area contributed by atoms with E-state index in [2.05, 4.69) is 62.0 Å². The molecule has 3 aromatic rings. The summed E-state index contributed by atoms with van der Waals surface area (Å²) < 4.78 is 2.27. The quantitative estimate of drug-likeness (QED) is 0.321. The van der Waals surface area contributed by atoms with E-state index < -0.39 is 0 Å². The molecule has 0 unspecified atom stereocenters. The van der Waals surface area contributed by atoms with Gasteiger partial charge in [-0.2, -0.15) is 0 Å². The standard InChI is InChI=1S/C22H27N5O/c1-23-22(26-15-14-24-21(28)19-9-3-2-4-10-19)25-13-7-16-27-17-12-18-8-5-6-11-20(18)27/h2-6,8-12,17H,7,13-16H2,1H3,(H,24,28)(H2,23,25,26). The SMILES string of the molecule is CN=C(NCCCn1ccc2ccccc21)NCCNC(=O)c1ccccc1. The van der Waals surface area contributed by atoms with Crippen molar-refractivity contribution < 1.29 is 4.79 Å². The highest BCUT2D eigenvalue weighted by Gasteiger charge is 2.04. The Morgan fingerprint density at radius 1 is 0.893 bits per heavy atom. The molecule has 0 saturated heterocycles. The first-order valence-electron chi connectivity index (χ1n) is 9.59. The van der Waals surface area contributed by atoms with Gasteiger partial charge >= 0.3 is 0 Å². The fourth-order valence-corrected chi connectivity index (χ4v) is 3.06. The van der Waals surface area contributed by atoms with E-state index in [1.54, 1.807) is 19.2 Å². The number of hydrogen-bond donors (Lipinski definition) is 3. The number of aryl methyl sites for hydroxylation is 1. The second-order valence-corrected chi connectivity index (χ2v) is 6.47. The van der Waals surface area contributed by atoms with E-state index in [0.717, 1.165) is 25.5 Å². The van der Waals surface area contributed by atoms with Crippen LogP contribution in [0.4, 0.5) is 0 Å². The number of nitrogens with zero attached hydrogens (tertiary/aromatic N) is 2. The summed E-state index contributed by atoms with van der Waals surface area (Å²) in [5.41, 5.74) is 1.93. The van der Waals surface area contributed by atoms with Gasteiger partial charge in [-0.05, 0) is 36.1 Å². The molecule has 0 radical (unpaired) electrons. The molecule has 3 rings (SSSR count). The average molecular weight is 377 g/mol. The van der Waals surface area contributed by atoms with Crippen molar-refractivity contribution in [3.63, 3.8) is 0 Å². The molecule has 0 aliphatic heterocycles. The number of aliphatic imine (C=N–C) groups is 1. The van der Waals surface area contributed by atoms with Crippen molar-refractivity contribution in [3.05, 3.63) is 72.4 Å². The molecule has 1 amide bonds. The maximum absolute atomic E-state index is 12.0. The molecule has 0 aliphatic carbocycles. The summed E-state index contributed by atoms with van der Waals surface area (Å²) >= 11 is 0. The van der Waals surface area contributed by atoms with Crippen molar-refractivity contribution in [1.82, 2.24) is 20.5 Å². The van der Waals surface area contributed by atoms with Crippen molar-refractivity contribution >= 4 is 22.8 Å². The fourth-order valence-electron chi connectivity index (χ4n) is 3.06. The lowest BCUT2D eigenvalue weighted by Gasteiger charge is -2.13. The van der Waals surface area contributed by atoms with Crippen molar-refractivity contribution in [2.45, 2.75) is 13.0 Å². The number of benzene rings is 2. The van der Waals surface area contributed by atoms with Crippen LogP contribution in [0.25, 0.3) is 10.9 Å².